The molecule has 0 N–H and O–H groups in total. The van der Waals surface area contributed by atoms with Crippen LogP contribution in [0.2, 0.25) is 0 Å². The van der Waals surface area contributed by atoms with Gasteiger partial charge in [0.2, 0.25) is 5.91 Å². The van der Waals surface area contributed by atoms with Gasteiger partial charge in [-0.25, -0.2) is 0 Å². The number of furan rings is 1. The van der Waals surface area contributed by atoms with E-state index in [1.807, 2.05) is 17.0 Å². The molecule has 1 atom stereocenters. The first kappa shape index (κ1) is 16.8. The Hall–Kier alpha value is -2.07. The lowest BCUT2D eigenvalue weighted by Gasteiger charge is -2.26. The predicted octanol–water partition coefficient (Wildman–Crippen LogP) is 3.60. The van der Waals surface area contributed by atoms with Crippen molar-refractivity contribution in [2.75, 3.05) is 13.6 Å². The van der Waals surface area contributed by atoms with E-state index in [4.69, 9.17) is 4.42 Å². The molecule has 1 amide bonds. The number of carbonyl (C=O) groups is 1. The highest BCUT2D eigenvalue weighted by atomic mass is 16.3. The number of rotatable bonds is 5. The third-order valence-corrected chi connectivity index (χ3v) is 4.84. The fourth-order valence-electron chi connectivity index (χ4n) is 3.44. The topological polar surface area (TPSA) is 36.7 Å². The molecule has 1 aromatic carbocycles. The molecule has 1 aliphatic rings. The lowest BCUT2D eigenvalue weighted by Crippen LogP contribution is -2.33. The Balaban J connectivity index is 1.59. The van der Waals surface area contributed by atoms with Crippen LogP contribution in [-0.2, 0) is 17.9 Å². The molecule has 0 saturated carbocycles. The Bertz CT molecular complexity index is 666. The number of nitrogens with zero attached hydrogens (tertiary/aromatic N) is 2. The van der Waals surface area contributed by atoms with Crippen LogP contribution in [-0.4, -0.2) is 35.3 Å². The van der Waals surface area contributed by atoms with Gasteiger partial charge in [0, 0.05) is 25.6 Å². The van der Waals surface area contributed by atoms with Gasteiger partial charge in [0.25, 0.3) is 0 Å². The molecular weight excluding hydrogens is 300 g/mol. The highest BCUT2D eigenvalue weighted by Gasteiger charge is 2.25. The maximum absolute atomic E-state index is 12.5. The minimum atomic E-state index is 0.269. The molecule has 0 radical (unpaired) electrons. The monoisotopic (exact) mass is 326 g/mol. The number of aryl methyl sites for hydroxylation is 1. The zero-order chi connectivity index (χ0) is 16.9. The van der Waals surface area contributed by atoms with Gasteiger partial charge in [-0.3, -0.25) is 9.69 Å². The Labute approximate surface area is 144 Å². The zero-order valence-electron chi connectivity index (χ0n) is 14.6. The minimum absolute atomic E-state index is 0.269. The molecule has 1 unspecified atom stereocenters. The van der Waals surface area contributed by atoms with Gasteiger partial charge in [0.1, 0.15) is 5.76 Å². The molecule has 4 nitrogen and oxygen atoms in total. The van der Waals surface area contributed by atoms with Crippen LogP contribution in [0.4, 0.5) is 0 Å². The van der Waals surface area contributed by atoms with Crippen LogP contribution in [0, 0.1) is 6.92 Å². The smallest absolute Gasteiger partial charge is 0.222 e. The van der Waals surface area contributed by atoms with Crippen molar-refractivity contribution in [3.63, 3.8) is 0 Å². The van der Waals surface area contributed by atoms with E-state index in [-0.39, 0.29) is 5.91 Å². The van der Waals surface area contributed by atoms with E-state index in [1.54, 1.807) is 6.26 Å². The molecular formula is C20H26N2O2. The molecule has 1 aliphatic heterocycles. The van der Waals surface area contributed by atoms with Crippen LogP contribution in [0.3, 0.4) is 0 Å². The maximum atomic E-state index is 12.5. The second kappa shape index (κ2) is 7.67. The summed E-state index contributed by atoms with van der Waals surface area (Å²) < 4.78 is 5.44. The molecule has 0 aliphatic carbocycles. The van der Waals surface area contributed by atoms with Gasteiger partial charge in [-0.05, 0) is 44.5 Å². The van der Waals surface area contributed by atoms with Crippen molar-refractivity contribution < 1.29 is 9.21 Å². The molecule has 1 fully saturated rings. The van der Waals surface area contributed by atoms with E-state index in [9.17, 15) is 4.79 Å². The van der Waals surface area contributed by atoms with Gasteiger partial charge in [0.05, 0.1) is 12.8 Å². The lowest BCUT2D eigenvalue weighted by atomic mass is 10.1. The average molecular weight is 326 g/mol. The molecule has 2 aromatic rings. The molecule has 24 heavy (non-hydrogen) atoms. The normalized spacial score (nSPS) is 18.9. The first-order valence-electron chi connectivity index (χ1n) is 8.68. The SMILES string of the molecule is Cc1cccc(CN2CCC(N(C)Cc3ccco3)CCC2=O)c1. The number of amides is 1. The van der Waals surface area contributed by atoms with E-state index in [0.717, 1.165) is 38.2 Å². The van der Waals surface area contributed by atoms with E-state index in [0.29, 0.717) is 12.5 Å². The largest absolute Gasteiger partial charge is 0.468 e. The maximum Gasteiger partial charge on any atom is 0.222 e. The average Bonchev–Trinajstić information content (AvgIpc) is 2.99. The Morgan fingerprint density at radius 2 is 2.12 bits per heavy atom. The fraction of sp³-hybridized carbons (Fsp3) is 0.450. The summed E-state index contributed by atoms with van der Waals surface area (Å²) in [5.41, 5.74) is 2.46. The molecule has 3 rings (SSSR count). The Morgan fingerprint density at radius 3 is 2.88 bits per heavy atom. The van der Waals surface area contributed by atoms with Crippen LogP contribution in [0.1, 0.15) is 36.1 Å². The van der Waals surface area contributed by atoms with Crippen molar-refractivity contribution in [1.82, 2.24) is 9.80 Å². The van der Waals surface area contributed by atoms with Crippen molar-refractivity contribution in [3.8, 4) is 0 Å². The number of likely N-dealkylation sites (tertiary alicyclic amines) is 1. The van der Waals surface area contributed by atoms with Crippen LogP contribution in [0.5, 0.6) is 0 Å². The summed E-state index contributed by atoms with van der Waals surface area (Å²) in [4.78, 5) is 16.8. The summed E-state index contributed by atoms with van der Waals surface area (Å²) in [5, 5.41) is 0. The van der Waals surface area contributed by atoms with Crippen molar-refractivity contribution in [2.45, 2.75) is 45.3 Å². The van der Waals surface area contributed by atoms with Gasteiger partial charge < -0.3 is 9.32 Å². The van der Waals surface area contributed by atoms with Crippen LogP contribution in [0.15, 0.2) is 47.1 Å². The highest BCUT2D eigenvalue weighted by molar-refractivity contribution is 5.76. The summed E-state index contributed by atoms with van der Waals surface area (Å²) in [6.07, 6.45) is 4.26. The third kappa shape index (κ3) is 4.26. The molecule has 1 aromatic heterocycles. The summed E-state index contributed by atoms with van der Waals surface area (Å²) in [6, 6.07) is 12.8. The number of hydrogen-bond acceptors (Lipinski definition) is 3. The van der Waals surface area contributed by atoms with Crippen molar-refractivity contribution in [3.05, 3.63) is 59.5 Å². The molecule has 0 bridgehead atoms. The number of benzene rings is 1. The quantitative estimate of drug-likeness (QED) is 0.842. The highest BCUT2D eigenvalue weighted by Crippen LogP contribution is 2.20. The second-order valence-electron chi connectivity index (χ2n) is 6.78. The van der Waals surface area contributed by atoms with Crippen molar-refractivity contribution >= 4 is 5.91 Å². The standard InChI is InChI=1S/C20H26N2O2/c1-16-5-3-6-17(13-16)14-22-11-10-18(8-9-20(22)23)21(2)15-19-7-4-12-24-19/h3-7,12-13,18H,8-11,14-15H2,1-2H3. The predicted molar refractivity (Wildman–Crippen MR) is 94.4 cm³/mol. The van der Waals surface area contributed by atoms with Gasteiger partial charge in [-0.1, -0.05) is 29.8 Å². The van der Waals surface area contributed by atoms with Crippen LogP contribution >= 0.6 is 0 Å². The first-order valence-corrected chi connectivity index (χ1v) is 8.68. The van der Waals surface area contributed by atoms with Gasteiger partial charge in [-0.15, -0.1) is 0 Å². The molecule has 0 spiro atoms. The number of carbonyl (C=O) groups excluding carboxylic acids is 1. The lowest BCUT2D eigenvalue weighted by molar-refractivity contribution is -0.131. The summed E-state index contributed by atoms with van der Waals surface area (Å²) in [5.74, 6) is 1.25. The van der Waals surface area contributed by atoms with E-state index in [2.05, 4.69) is 43.1 Å². The number of hydrogen-bond donors (Lipinski definition) is 0. The van der Waals surface area contributed by atoms with E-state index >= 15 is 0 Å². The molecule has 128 valence electrons. The molecule has 1 saturated heterocycles. The molecule has 4 heteroatoms. The van der Waals surface area contributed by atoms with Crippen molar-refractivity contribution in [1.29, 1.82) is 0 Å². The first-order chi connectivity index (χ1) is 11.6. The second-order valence-corrected chi connectivity index (χ2v) is 6.78. The minimum Gasteiger partial charge on any atom is -0.468 e. The van der Waals surface area contributed by atoms with Crippen LogP contribution < -0.4 is 0 Å². The van der Waals surface area contributed by atoms with Gasteiger partial charge in [-0.2, -0.15) is 0 Å². The summed E-state index contributed by atoms with van der Waals surface area (Å²) in [6.45, 7) is 4.42. The Morgan fingerprint density at radius 1 is 1.25 bits per heavy atom. The molecule has 2 heterocycles. The van der Waals surface area contributed by atoms with E-state index < -0.39 is 0 Å². The summed E-state index contributed by atoms with van der Waals surface area (Å²) in [7, 11) is 2.12. The van der Waals surface area contributed by atoms with Gasteiger partial charge >= 0.3 is 0 Å². The van der Waals surface area contributed by atoms with Gasteiger partial charge in [0.15, 0.2) is 0 Å². The fourth-order valence-corrected chi connectivity index (χ4v) is 3.44. The van der Waals surface area contributed by atoms with E-state index in [1.165, 1.54) is 11.1 Å². The zero-order valence-corrected chi connectivity index (χ0v) is 14.6. The third-order valence-electron chi connectivity index (χ3n) is 4.84. The Kier molecular flexibility index (Phi) is 5.36. The van der Waals surface area contributed by atoms with Crippen LogP contribution in [0.25, 0.3) is 0 Å². The summed E-state index contributed by atoms with van der Waals surface area (Å²) >= 11 is 0. The van der Waals surface area contributed by atoms with Crippen molar-refractivity contribution in [2.24, 2.45) is 0 Å².